The van der Waals surface area contributed by atoms with Crippen LogP contribution in [0, 0.1) is 5.92 Å². The molecule has 1 N–H and O–H groups in total. The summed E-state index contributed by atoms with van der Waals surface area (Å²) in [5.74, 6) is 1.16. The van der Waals surface area contributed by atoms with Crippen LogP contribution in [0.3, 0.4) is 0 Å². The standard InChI is InChI=1S/C13H23N3O.2ClH/c17-13(9-14-8-11-3-4-11)16-7-6-15-5-1-2-12(15)10-16;;/h11-12,14H,1-10H2;2*1H. The third-order valence-electron chi connectivity index (χ3n) is 4.35. The summed E-state index contributed by atoms with van der Waals surface area (Å²) in [5.41, 5.74) is 0. The number of carbonyl (C=O) groups is 1. The lowest BCUT2D eigenvalue weighted by molar-refractivity contribution is -0.132. The van der Waals surface area contributed by atoms with Crippen LogP contribution in [-0.2, 0) is 4.79 Å². The van der Waals surface area contributed by atoms with E-state index in [0.717, 1.165) is 32.1 Å². The molecule has 0 radical (unpaired) electrons. The average molecular weight is 310 g/mol. The largest absolute Gasteiger partial charge is 0.339 e. The molecule has 0 spiro atoms. The highest BCUT2D eigenvalue weighted by molar-refractivity contribution is 5.85. The predicted octanol–water partition coefficient (Wildman–Crippen LogP) is 1.14. The maximum Gasteiger partial charge on any atom is 0.236 e. The second-order valence-electron chi connectivity index (χ2n) is 5.75. The molecular weight excluding hydrogens is 285 g/mol. The monoisotopic (exact) mass is 309 g/mol. The molecule has 2 aliphatic heterocycles. The number of nitrogens with zero attached hydrogens (tertiary/aromatic N) is 2. The minimum atomic E-state index is 0. The molecule has 6 heteroatoms. The van der Waals surface area contributed by atoms with Crippen LogP contribution in [0.2, 0.25) is 0 Å². The fourth-order valence-electron chi connectivity index (χ4n) is 3.03. The molecule has 0 aromatic heterocycles. The molecule has 1 unspecified atom stereocenters. The van der Waals surface area contributed by atoms with Crippen LogP contribution in [-0.4, -0.2) is 61.0 Å². The van der Waals surface area contributed by atoms with Crippen LogP contribution in [0.4, 0.5) is 0 Å². The molecule has 19 heavy (non-hydrogen) atoms. The zero-order chi connectivity index (χ0) is 11.7. The molecule has 4 nitrogen and oxygen atoms in total. The van der Waals surface area contributed by atoms with Crippen LogP contribution in [0.1, 0.15) is 25.7 Å². The molecule has 1 atom stereocenters. The van der Waals surface area contributed by atoms with E-state index in [1.807, 2.05) is 0 Å². The molecule has 0 bridgehead atoms. The van der Waals surface area contributed by atoms with Gasteiger partial charge in [0, 0.05) is 25.7 Å². The van der Waals surface area contributed by atoms with Crippen molar-refractivity contribution in [2.75, 3.05) is 39.3 Å². The number of carbonyl (C=O) groups excluding carboxylic acids is 1. The van der Waals surface area contributed by atoms with Gasteiger partial charge in [0.25, 0.3) is 0 Å². The quantitative estimate of drug-likeness (QED) is 0.846. The van der Waals surface area contributed by atoms with Gasteiger partial charge in [0.05, 0.1) is 6.54 Å². The van der Waals surface area contributed by atoms with Gasteiger partial charge in [0.1, 0.15) is 0 Å². The molecule has 3 rings (SSSR count). The van der Waals surface area contributed by atoms with Crippen molar-refractivity contribution in [3.63, 3.8) is 0 Å². The van der Waals surface area contributed by atoms with Crippen molar-refractivity contribution in [3.8, 4) is 0 Å². The molecule has 0 aromatic rings. The summed E-state index contributed by atoms with van der Waals surface area (Å²) in [6, 6.07) is 0.649. The van der Waals surface area contributed by atoms with Crippen molar-refractivity contribution >= 4 is 30.7 Å². The Hall–Kier alpha value is -0.0300. The molecular formula is C13H25Cl2N3O. The van der Waals surface area contributed by atoms with Crippen molar-refractivity contribution in [3.05, 3.63) is 0 Å². The number of hydrogen-bond donors (Lipinski definition) is 1. The first kappa shape index (κ1) is 17.0. The predicted molar refractivity (Wildman–Crippen MR) is 81.3 cm³/mol. The number of amides is 1. The van der Waals surface area contributed by atoms with Crippen molar-refractivity contribution in [2.24, 2.45) is 5.92 Å². The van der Waals surface area contributed by atoms with Crippen LogP contribution >= 0.6 is 24.8 Å². The summed E-state index contributed by atoms with van der Waals surface area (Å²) in [6.07, 6.45) is 5.29. The van der Waals surface area contributed by atoms with E-state index in [1.165, 1.54) is 32.2 Å². The Morgan fingerprint density at radius 2 is 1.89 bits per heavy atom. The van der Waals surface area contributed by atoms with Gasteiger partial charge in [-0.1, -0.05) is 0 Å². The SMILES string of the molecule is Cl.Cl.O=C(CNCC1CC1)N1CCN2CCCC2C1. The lowest BCUT2D eigenvalue weighted by Gasteiger charge is -2.37. The molecule has 1 saturated carbocycles. The zero-order valence-electron chi connectivity index (χ0n) is 11.3. The second-order valence-corrected chi connectivity index (χ2v) is 5.75. The minimum absolute atomic E-state index is 0. The smallest absolute Gasteiger partial charge is 0.236 e. The number of halogens is 2. The third kappa shape index (κ3) is 4.48. The van der Waals surface area contributed by atoms with Crippen LogP contribution in [0.15, 0.2) is 0 Å². The molecule has 1 amide bonds. The summed E-state index contributed by atoms with van der Waals surface area (Å²) >= 11 is 0. The number of hydrogen-bond acceptors (Lipinski definition) is 3. The highest BCUT2D eigenvalue weighted by Crippen LogP contribution is 2.27. The zero-order valence-corrected chi connectivity index (χ0v) is 13.0. The van der Waals surface area contributed by atoms with Crippen molar-refractivity contribution < 1.29 is 4.79 Å². The van der Waals surface area contributed by atoms with E-state index in [0.29, 0.717) is 18.5 Å². The maximum atomic E-state index is 12.0. The first-order valence-electron chi connectivity index (χ1n) is 7.05. The molecule has 0 aromatic carbocycles. The maximum absolute atomic E-state index is 12.0. The van der Waals surface area contributed by atoms with Gasteiger partial charge in [-0.05, 0) is 44.7 Å². The highest BCUT2D eigenvalue weighted by atomic mass is 35.5. The molecule has 3 aliphatic rings. The summed E-state index contributed by atoms with van der Waals surface area (Å²) in [4.78, 5) is 16.6. The number of fused-ring (bicyclic) bond motifs is 1. The van der Waals surface area contributed by atoms with Gasteiger partial charge in [0.15, 0.2) is 0 Å². The van der Waals surface area contributed by atoms with Gasteiger partial charge in [0.2, 0.25) is 5.91 Å². The Morgan fingerprint density at radius 3 is 2.63 bits per heavy atom. The normalized spacial score (nSPS) is 26.3. The summed E-state index contributed by atoms with van der Waals surface area (Å²) < 4.78 is 0. The summed E-state index contributed by atoms with van der Waals surface area (Å²) in [7, 11) is 0. The van der Waals surface area contributed by atoms with Gasteiger partial charge >= 0.3 is 0 Å². The fraction of sp³-hybridized carbons (Fsp3) is 0.923. The van der Waals surface area contributed by atoms with Crippen LogP contribution < -0.4 is 5.32 Å². The Labute approximate surface area is 128 Å². The molecule has 3 fully saturated rings. The molecule has 1 aliphatic carbocycles. The third-order valence-corrected chi connectivity index (χ3v) is 4.35. The first-order chi connectivity index (χ1) is 8.33. The number of nitrogens with one attached hydrogen (secondary N) is 1. The van der Waals surface area contributed by atoms with Gasteiger partial charge in [-0.15, -0.1) is 24.8 Å². The van der Waals surface area contributed by atoms with Crippen LogP contribution in [0.5, 0.6) is 0 Å². The Kier molecular flexibility index (Phi) is 6.87. The topological polar surface area (TPSA) is 35.6 Å². The van der Waals surface area contributed by atoms with E-state index in [2.05, 4.69) is 15.1 Å². The number of piperazine rings is 1. The lowest BCUT2D eigenvalue weighted by atomic mass is 10.1. The van der Waals surface area contributed by atoms with Crippen molar-refractivity contribution in [1.29, 1.82) is 0 Å². The first-order valence-corrected chi connectivity index (χ1v) is 7.05. The summed E-state index contributed by atoms with van der Waals surface area (Å²) in [6.45, 7) is 5.80. The van der Waals surface area contributed by atoms with E-state index in [9.17, 15) is 4.79 Å². The number of rotatable bonds is 4. The van der Waals surface area contributed by atoms with Gasteiger partial charge in [-0.2, -0.15) is 0 Å². The Morgan fingerprint density at radius 1 is 1.11 bits per heavy atom. The highest BCUT2D eigenvalue weighted by Gasteiger charge is 2.32. The Balaban J connectivity index is 0.000000902. The second kappa shape index (κ2) is 7.67. The Bertz CT molecular complexity index is 300. The fourth-order valence-corrected chi connectivity index (χ4v) is 3.03. The van der Waals surface area contributed by atoms with Gasteiger partial charge < -0.3 is 10.2 Å². The lowest BCUT2D eigenvalue weighted by Crippen LogP contribution is -2.53. The van der Waals surface area contributed by atoms with E-state index < -0.39 is 0 Å². The minimum Gasteiger partial charge on any atom is -0.339 e. The van der Waals surface area contributed by atoms with Crippen molar-refractivity contribution in [2.45, 2.75) is 31.7 Å². The van der Waals surface area contributed by atoms with E-state index in [1.54, 1.807) is 0 Å². The van der Waals surface area contributed by atoms with E-state index >= 15 is 0 Å². The van der Waals surface area contributed by atoms with Crippen molar-refractivity contribution in [1.82, 2.24) is 15.1 Å². The molecule has 112 valence electrons. The van der Waals surface area contributed by atoms with Gasteiger partial charge in [-0.3, -0.25) is 9.69 Å². The average Bonchev–Trinajstić information content (AvgIpc) is 3.04. The van der Waals surface area contributed by atoms with E-state index in [-0.39, 0.29) is 24.8 Å². The van der Waals surface area contributed by atoms with Gasteiger partial charge in [-0.25, -0.2) is 0 Å². The van der Waals surface area contributed by atoms with Crippen LogP contribution in [0.25, 0.3) is 0 Å². The molecule has 2 heterocycles. The molecule has 2 saturated heterocycles. The van der Waals surface area contributed by atoms with E-state index in [4.69, 9.17) is 0 Å². The summed E-state index contributed by atoms with van der Waals surface area (Å²) in [5, 5.41) is 3.30.